The Labute approximate surface area is 113 Å². The summed E-state index contributed by atoms with van der Waals surface area (Å²) in [7, 11) is 0. The normalized spacial score (nSPS) is 34.2. The minimum Gasteiger partial charge on any atom is -0.481 e. The fourth-order valence-electron chi connectivity index (χ4n) is 2.95. The van der Waals surface area contributed by atoms with E-state index in [0.717, 1.165) is 6.42 Å². The maximum Gasteiger partial charge on any atom is 0.410 e. The van der Waals surface area contributed by atoms with Crippen molar-refractivity contribution in [2.45, 2.75) is 39.7 Å². The van der Waals surface area contributed by atoms with Crippen LogP contribution >= 0.6 is 0 Å². The van der Waals surface area contributed by atoms with Crippen molar-refractivity contribution in [3.8, 4) is 0 Å². The Kier molecular flexibility index (Phi) is 3.49. The predicted octanol–water partition coefficient (Wildman–Crippen LogP) is 2.21. The van der Waals surface area contributed by atoms with Gasteiger partial charge in [0, 0.05) is 13.1 Å². The van der Waals surface area contributed by atoms with Gasteiger partial charge in [-0.05, 0) is 44.9 Å². The molecule has 1 saturated heterocycles. The van der Waals surface area contributed by atoms with Gasteiger partial charge in [-0.25, -0.2) is 4.79 Å². The molecule has 4 atom stereocenters. The number of carboxylic acid groups (broad SMARTS) is 1. The molecule has 5 nitrogen and oxygen atoms in total. The van der Waals surface area contributed by atoms with Crippen molar-refractivity contribution >= 4 is 12.1 Å². The predicted molar refractivity (Wildman–Crippen MR) is 69.7 cm³/mol. The van der Waals surface area contributed by atoms with Crippen molar-refractivity contribution in [2.75, 3.05) is 13.1 Å². The van der Waals surface area contributed by atoms with Crippen LogP contribution in [0.4, 0.5) is 4.79 Å². The Balaban J connectivity index is 2.01. The van der Waals surface area contributed by atoms with Gasteiger partial charge >= 0.3 is 12.1 Å². The lowest BCUT2D eigenvalue weighted by molar-refractivity contribution is -0.142. The summed E-state index contributed by atoms with van der Waals surface area (Å²) in [6, 6.07) is 0. The first-order valence-corrected chi connectivity index (χ1v) is 6.90. The van der Waals surface area contributed by atoms with Gasteiger partial charge in [0.15, 0.2) is 0 Å². The SMILES string of the molecule is CC1CC1[C@@H]1CN(C(=O)OC(C)(C)C)C[C@H]1C(=O)O. The molecule has 2 rings (SSSR count). The van der Waals surface area contributed by atoms with Gasteiger partial charge in [0.2, 0.25) is 0 Å². The molecule has 1 aliphatic carbocycles. The average Bonchev–Trinajstić information content (AvgIpc) is 2.80. The molecule has 19 heavy (non-hydrogen) atoms. The van der Waals surface area contributed by atoms with Crippen molar-refractivity contribution in [1.82, 2.24) is 4.90 Å². The fraction of sp³-hybridized carbons (Fsp3) is 0.857. The van der Waals surface area contributed by atoms with Crippen LogP contribution in [0.2, 0.25) is 0 Å². The molecule has 1 saturated carbocycles. The minimum atomic E-state index is -0.796. The quantitative estimate of drug-likeness (QED) is 0.834. The van der Waals surface area contributed by atoms with Crippen LogP contribution in [-0.2, 0) is 9.53 Å². The molecule has 108 valence electrons. The Bertz CT molecular complexity index is 387. The third-order valence-corrected chi connectivity index (χ3v) is 4.06. The van der Waals surface area contributed by atoms with Crippen LogP contribution < -0.4 is 0 Å². The minimum absolute atomic E-state index is 0.0834. The summed E-state index contributed by atoms with van der Waals surface area (Å²) in [6.07, 6.45) is 0.686. The summed E-state index contributed by atoms with van der Waals surface area (Å²) in [6.45, 7) is 8.38. The smallest absolute Gasteiger partial charge is 0.410 e. The summed E-state index contributed by atoms with van der Waals surface area (Å²) in [5, 5.41) is 9.30. The number of hydrogen-bond donors (Lipinski definition) is 1. The van der Waals surface area contributed by atoms with Gasteiger partial charge in [-0.1, -0.05) is 6.92 Å². The van der Waals surface area contributed by atoms with Crippen molar-refractivity contribution in [3.05, 3.63) is 0 Å². The van der Waals surface area contributed by atoms with E-state index in [1.54, 1.807) is 4.90 Å². The topological polar surface area (TPSA) is 66.8 Å². The Morgan fingerprint density at radius 3 is 2.21 bits per heavy atom. The zero-order valence-electron chi connectivity index (χ0n) is 12.0. The van der Waals surface area contributed by atoms with Gasteiger partial charge in [0.25, 0.3) is 0 Å². The lowest BCUT2D eigenvalue weighted by Crippen LogP contribution is -2.36. The second kappa shape index (κ2) is 4.69. The molecule has 2 aliphatic rings. The lowest BCUT2D eigenvalue weighted by Gasteiger charge is -2.24. The van der Waals surface area contributed by atoms with E-state index in [1.807, 2.05) is 20.8 Å². The Morgan fingerprint density at radius 1 is 1.21 bits per heavy atom. The van der Waals surface area contributed by atoms with E-state index in [4.69, 9.17) is 4.74 Å². The maximum absolute atomic E-state index is 12.0. The van der Waals surface area contributed by atoms with E-state index >= 15 is 0 Å². The molecule has 1 aliphatic heterocycles. The molecule has 0 aromatic rings. The molecule has 2 unspecified atom stereocenters. The fourth-order valence-corrected chi connectivity index (χ4v) is 2.95. The van der Waals surface area contributed by atoms with Gasteiger partial charge in [-0.15, -0.1) is 0 Å². The number of carbonyl (C=O) groups is 2. The first-order valence-electron chi connectivity index (χ1n) is 6.90. The van der Waals surface area contributed by atoms with Crippen molar-refractivity contribution in [1.29, 1.82) is 0 Å². The summed E-state index contributed by atoms with van der Waals surface area (Å²) in [5.74, 6) is -0.114. The Hall–Kier alpha value is -1.26. The monoisotopic (exact) mass is 269 g/mol. The van der Waals surface area contributed by atoms with Gasteiger partial charge in [-0.3, -0.25) is 4.79 Å². The van der Waals surface area contributed by atoms with Crippen LogP contribution in [0.1, 0.15) is 34.1 Å². The van der Waals surface area contributed by atoms with Crippen LogP contribution in [-0.4, -0.2) is 40.8 Å². The highest BCUT2D eigenvalue weighted by Crippen LogP contribution is 2.49. The largest absolute Gasteiger partial charge is 0.481 e. The molecule has 0 spiro atoms. The zero-order valence-corrected chi connectivity index (χ0v) is 12.0. The third-order valence-electron chi connectivity index (χ3n) is 4.06. The van der Waals surface area contributed by atoms with E-state index in [9.17, 15) is 14.7 Å². The van der Waals surface area contributed by atoms with Gasteiger partial charge in [-0.2, -0.15) is 0 Å². The highest BCUT2D eigenvalue weighted by atomic mass is 16.6. The van der Waals surface area contributed by atoms with Crippen molar-refractivity contribution in [2.24, 2.45) is 23.7 Å². The highest BCUT2D eigenvalue weighted by molar-refractivity contribution is 5.75. The van der Waals surface area contributed by atoms with Crippen LogP contribution in [0.5, 0.6) is 0 Å². The van der Waals surface area contributed by atoms with Gasteiger partial charge in [0.05, 0.1) is 5.92 Å². The summed E-state index contributed by atoms with van der Waals surface area (Å²) >= 11 is 0. The number of amides is 1. The summed E-state index contributed by atoms with van der Waals surface area (Å²) in [4.78, 5) is 24.9. The number of ether oxygens (including phenoxy) is 1. The average molecular weight is 269 g/mol. The molecule has 0 aromatic carbocycles. The molecule has 1 N–H and O–H groups in total. The first-order chi connectivity index (χ1) is 8.69. The van der Waals surface area contributed by atoms with E-state index in [-0.39, 0.29) is 12.5 Å². The number of rotatable bonds is 2. The van der Waals surface area contributed by atoms with Gasteiger partial charge in [0.1, 0.15) is 5.60 Å². The number of carboxylic acids is 1. The summed E-state index contributed by atoms with van der Waals surface area (Å²) < 4.78 is 5.32. The van der Waals surface area contributed by atoms with Crippen molar-refractivity contribution < 1.29 is 19.4 Å². The lowest BCUT2D eigenvalue weighted by atomic mass is 9.91. The van der Waals surface area contributed by atoms with Gasteiger partial charge < -0.3 is 14.7 Å². The van der Waals surface area contributed by atoms with E-state index in [0.29, 0.717) is 18.4 Å². The standard InChI is InChI=1S/C14H23NO4/c1-8-5-9(8)10-6-15(7-11(10)12(16)17)13(18)19-14(2,3)4/h8-11H,5-7H2,1-4H3,(H,16,17)/t8?,9?,10-,11+/m0/s1. The van der Waals surface area contributed by atoms with Crippen LogP contribution in [0.15, 0.2) is 0 Å². The number of aliphatic carboxylic acids is 1. The van der Waals surface area contributed by atoms with E-state index in [1.165, 1.54) is 0 Å². The number of likely N-dealkylation sites (tertiary alicyclic amines) is 1. The molecule has 5 heteroatoms. The molecule has 0 bridgehead atoms. The third kappa shape index (κ3) is 3.19. The number of nitrogens with zero attached hydrogens (tertiary/aromatic N) is 1. The van der Waals surface area contributed by atoms with E-state index < -0.39 is 23.6 Å². The van der Waals surface area contributed by atoms with Crippen LogP contribution in [0, 0.1) is 23.7 Å². The second-order valence-corrected chi connectivity index (χ2v) is 6.87. The molecular formula is C14H23NO4. The van der Waals surface area contributed by atoms with Crippen molar-refractivity contribution in [3.63, 3.8) is 0 Å². The zero-order chi connectivity index (χ0) is 14.4. The second-order valence-electron chi connectivity index (χ2n) is 6.87. The molecule has 1 amide bonds. The highest BCUT2D eigenvalue weighted by Gasteiger charge is 2.50. The van der Waals surface area contributed by atoms with Crippen LogP contribution in [0.25, 0.3) is 0 Å². The van der Waals surface area contributed by atoms with E-state index in [2.05, 4.69) is 6.92 Å². The molecular weight excluding hydrogens is 246 g/mol. The molecule has 1 heterocycles. The Morgan fingerprint density at radius 2 is 1.79 bits per heavy atom. The molecule has 0 aromatic heterocycles. The maximum atomic E-state index is 12.0. The summed E-state index contributed by atoms with van der Waals surface area (Å²) in [5.41, 5.74) is -0.541. The number of carbonyl (C=O) groups excluding carboxylic acids is 1. The first kappa shape index (κ1) is 14.2. The molecule has 0 radical (unpaired) electrons. The number of hydrogen-bond acceptors (Lipinski definition) is 3. The molecule has 2 fully saturated rings. The van der Waals surface area contributed by atoms with Crippen LogP contribution in [0.3, 0.4) is 0 Å².